The minimum absolute atomic E-state index is 0.335. The molecule has 0 bridgehead atoms. The minimum Gasteiger partial charge on any atom is -0.485 e. The zero-order valence-electron chi connectivity index (χ0n) is 18.5. The first kappa shape index (κ1) is 21.9. The normalized spacial score (nSPS) is 14.6. The second kappa shape index (κ2) is 9.43. The number of hydrogen-bond donors (Lipinski definition) is 3. The number of ether oxygens (including phenoxy) is 1. The average molecular weight is 432 g/mol. The number of nitrogens with one attached hydrogen (secondary N) is 1. The van der Waals surface area contributed by atoms with Crippen molar-refractivity contribution in [1.82, 2.24) is 20.1 Å². The predicted molar refractivity (Wildman–Crippen MR) is 125 cm³/mol. The van der Waals surface area contributed by atoms with Crippen molar-refractivity contribution in [3.8, 4) is 28.7 Å². The number of hydrogen-bond acceptors (Lipinski definition) is 6. The molecule has 1 aliphatic rings. The van der Waals surface area contributed by atoms with Crippen molar-refractivity contribution in [3.05, 3.63) is 60.0 Å². The van der Waals surface area contributed by atoms with E-state index in [1.165, 1.54) is 0 Å². The summed E-state index contributed by atoms with van der Waals surface area (Å²) >= 11 is 0. The topological polar surface area (TPSA) is 98.2 Å². The van der Waals surface area contributed by atoms with Crippen molar-refractivity contribution in [2.24, 2.45) is 0 Å². The Morgan fingerprint density at radius 3 is 2.81 bits per heavy atom. The molecule has 0 saturated carbocycles. The van der Waals surface area contributed by atoms with Crippen LogP contribution in [0.2, 0.25) is 0 Å². The Labute approximate surface area is 188 Å². The summed E-state index contributed by atoms with van der Waals surface area (Å²) in [5.74, 6) is 6.69. The molecule has 3 aromatic rings. The van der Waals surface area contributed by atoms with E-state index in [0.29, 0.717) is 24.2 Å². The van der Waals surface area contributed by atoms with E-state index in [9.17, 15) is 5.11 Å². The fourth-order valence-electron chi connectivity index (χ4n) is 3.61. The zero-order chi connectivity index (χ0) is 22.6. The first-order valence-electron chi connectivity index (χ1n) is 10.9. The summed E-state index contributed by atoms with van der Waals surface area (Å²) in [4.78, 5) is 4.32. The lowest BCUT2D eigenvalue weighted by atomic mass is 10.1. The summed E-state index contributed by atoms with van der Waals surface area (Å²) < 4.78 is 8.04. The van der Waals surface area contributed by atoms with Gasteiger partial charge in [0.1, 0.15) is 12.2 Å². The van der Waals surface area contributed by atoms with Crippen LogP contribution in [0.5, 0.6) is 5.75 Å². The van der Waals surface area contributed by atoms with Crippen LogP contribution in [-0.2, 0) is 6.61 Å². The maximum Gasteiger partial charge on any atom is 0.166 e. The molecule has 1 saturated heterocycles. The third kappa shape index (κ3) is 5.67. The van der Waals surface area contributed by atoms with Crippen LogP contribution in [-0.4, -0.2) is 38.6 Å². The summed E-state index contributed by atoms with van der Waals surface area (Å²) in [5.41, 5.74) is 8.71. The first-order chi connectivity index (χ1) is 15.4. The molecule has 2 aromatic heterocycles. The zero-order valence-corrected chi connectivity index (χ0v) is 18.5. The fraction of sp³-hybridized carbons (Fsp3) is 0.360. The lowest BCUT2D eigenvalue weighted by Crippen LogP contribution is -2.29. The number of nitrogens with zero attached hydrogens (tertiary/aromatic N) is 3. The smallest absolute Gasteiger partial charge is 0.166 e. The third-order valence-corrected chi connectivity index (χ3v) is 5.33. The molecule has 0 atom stereocenters. The maximum atomic E-state index is 9.80. The van der Waals surface area contributed by atoms with Gasteiger partial charge in [0, 0.05) is 29.1 Å². The van der Waals surface area contributed by atoms with Gasteiger partial charge in [-0.25, -0.2) is 4.98 Å². The Hall–Kier alpha value is -3.34. The number of benzene rings is 1. The van der Waals surface area contributed by atoms with Crippen molar-refractivity contribution >= 4 is 5.82 Å². The van der Waals surface area contributed by atoms with E-state index < -0.39 is 5.60 Å². The summed E-state index contributed by atoms with van der Waals surface area (Å²) in [5, 5.41) is 17.7. The van der Waals surface area contributed by atoms with Gasteiger partial charge >= 0.3 is 0 Å². The van der Waals surface area contributed by atoms with Gasteiger partial charge in [-0.1, -0.05) is 24.0 Å². The SMILES string of the molecule is CC(C)(O)C#Cc1cccc(COc2cc(-c3cnn(C4CCNCC4)c3)cnc2N)c1. The molecule has 3 heterocycles. The molecule has 7 heteroatoms. The molecule has 1 aromatic carbocycles. The Morgan fingerprint density at radius 1 is 1.22 bits per heavy atom. The van der Waals surface area contributed by atoms with E-state index in [-0.39, 0.29) is 0 Å². The molecule has 32 heavy (non-hydrogen) atoms. The van der Waals surface area contributed by atoms with Gasteiger partial charge < -0.3 is 20.9 Å². The van der Waals surface area contributed by atoms with Gasteiger partial charge in [0.05, 0.1) is 12.2 Å². The van der Waals surface area contributed by atoms with E-state index >= 15 is 0 Å². The van der Waals surface area contributed by atoms with Gasteiger partial charge in [-0.05, 0) is 63.5 Å². The minimum atomic E-state index is -1.03. The van der Waals surface area contributed by atoms with Crippen LogP contribution in [0.25, 0.3) is 11.1 Å². The molecular formula is C25H29N5O2. The van der Waals surface area contributed by atoms with Crippen LogP contribution >= 0.6 is 0 Å². The van der Waals surface area contributed by atoms with Crippen LogP contribution in [0.4, 0.5) is 5.82 Å². The average Bonchev–Trinajstić information content (AvgIpc) is 3.28. The molecule has 7 nitrogen and oxygen atoms in total. The standard InChI is InChI=1S/C25H29N5O2/c1-25(2,31)9-6-18-4-3-5-19(12-18)17-32-23-13-20(14-28-24(23)26)21-15-29-30(16-21)22-7-10-27-11-8-22/h3-5,12-16,22,27,31H,7-8,10-11,17H2,1-2H3,(H2,26,28). The van der Waals surface area contributed by atoms with Crippen LogP contribution in [0, 0.1) is 11.8 Å². The number of nitrogen functional groups attached to an aromatic ring is 1. The van der Waals surface area contributed by atoms with Crippen LogP contribution in [0.3, 0.4) is 0 Å². The highest BCUT2D eigenvalue weighted by Gasteiger charge is 2.16. The third-order valence-electron chi connectivity index (χ3n) is 5.33. The number of aliphatic hydroxyl groups is 1. The largest absolute Gasteiger partial charge is 0.485 e. The molecule has 1 aliphatic heterocycles. The summed E-state index contributed by atoms with van der Waals surface area (Å²) in [6.07, 6.45) is 7.84. The van der Waals surface area contributed by atoms with Crippen molar-refractivity contribution in [3.63, 3.8) is 0 Å². The summed E-state index contributed by atoms with van der Waals surface area (Å²) in [6.45, 7) is 5.69. The number of rotatable bonds is 5. The van der Waals surface area contributed by atoms with Crippen molar-refractivity contribution in [2.45, 2.75) is 44.9 Å². The molecular weight excluding hydrogens is 402 g/mol. The monoisotopic (exact) mass is 431 g/mol. The molecule has 0 aliphatic carbocycles. The van der Waals surface area contributed by atoms with Crippen LogP contribution < -0.4 is 15.8 Å². The number of aromatic nitrogens is 3. The Bertz CT molecular complexity index is 1130. The number of nitrogens with two attached hydrogens (primary N) is 1. The van der Waals surface area contributed by atoms with Crippen molar-refractivity contribution in [1.29, 1.82) is 0 Å². The lowest BCUT2D eigenvalue weighted by molar-refractivity contribution is 0.143. The van der Waals surface area contributed by atoms with Gasteiger partial charge in [-0.15, -0.1) is 0 Å². The molecule has 0 amide bonds. The molecule has 1 fully saturated rings. The maximum absolute atomic E-state index is 9.80. The number of pyridine rings is 1. The van der Waals surface area contributed by atoms with Crippen molar-refractivity contribution in [2.75, 3.05) is 18.8 Å². The van der Waals surface area contributed by atoms with Gasteiger partial charge in [0.2, 0.25) is 0 Å². The van der Waals surface area contributed by atoms with Crippen molar-refractivity contribution < 1.29 is 9.84 Å². The van der Waals surface area contributed by atoms with E-state index in [2.05, 4.69) is 33.4 Å². The Morgan fingerprint density at radius 2 is 2.03 bits per heavy atom. The summed E-state index contributed by atoms with van der Waals surface area (Å²) in [7, 11) is 0. The Balaban J connectivity index is 1.47. The van der Waals surface area contributed by atoms with Crippen LogP contribution in [0.1, 0.15) is 43.9 Å². The second-order valence-electron chi connectivity index (χ2n) is 8.60. The first-order valence-corrected chi connectivity index (χ1v) is 10.9. The molecule has 0 unspecified atom stereocenters. The summed E-state index contributed by atoms with van der Waals surface area (Å²) in [6, 6.07) is 10.1. The highest BCUT2D eigenvalue weighted by Crippen LogP contribution is 2.29. The molecule has 4 N–H and O–H groups in total. The Kier molecular flexibility index (Phi) is 6.45. The van der Waals surface area contributed by atoms with E-state index in [1.807, 2.05) is 41.2 Å². The van der Waals surface area contributed by atoms with E-state index in [0.717, 1.165) is 48.2 Å². The molecule has 0 spiro atoms. The molecule has 0 radical (unpaired) electrons. The van der Waals surface area contributed by atoms with Gasteiger partial charge in [0.15, 0.2) is 11.6 Å². The predicted octanol–water partition coefficient (Wildman–Crippen LogP) is 3.15. The highest BCUT2D eigenvalue weighted by molar-refractivity contribution is 5.65. The lowest BCUT2D eigenvalue weighted by Gasteiger charge is -2.22. The number of piperidine rings is 1. The van der Waals surface area contributed by atoms with Gasteiger partial charge in [0.25, 0.3) is 0 Å². The molecule has 4 rings (SSSR count). The fourth-order valence-corrected chi connectivity index (χ4v) is 3.61. The van der Waals surface area contributed by atoms with E-state index in [4.69, 9.17) is 10.5 Å². The van der Waals surface area contributed by atoms with E-state index in [1.54, 1.807) is 20.0 Å². The van der Waals surface area contributed by atoms with Gasteiger partial charge in [-0.2, -0.15) is 5.10 Å². The van der Waals surface area contributed by atoms with Gasteiger partial charge in [-0.3, -0.25) is 4.68 Å². The second-order valence-corrected chi connectivity index (χ2v) is 8.60. The number of anilines is 1. The quantitative estimate of drug-likeness (QED) is 0.537. The highest BCUT2D eigenvalue weighted by atomic mass is 16.5. The van der Waals surface area contributed by atoms with Crippen LogP contribution in [0.15, 0.2) is 48.9 Å². The molecule has 166 valence electrons.